The first-order valence-electron chi connectivity index (χ1n) is 41.2. The molecule has 0 N–H and O–H groups in total. The van der Waals surface area contributed by atoms with E-state index in [1.54, 1.807) is 11.3 Å². The van der Waals surface area contributed by atoms with Crippen LogP contribution in [0.4, 0.5) is 0 Å². The van der Waals surface area contributed by atoms with Crippen molar-refractivity contribution in [1.29, 1.82) is 0 Å². The highest BCUT2D eigenvalue weighted by atomic mass is 32.1. The highest BCUT2D eigenvalue weighted by molar-refractivity contribution is 7.22. The first kappa shape index (κ1) is 72.6. The number of para-hydroxylation sites is 2. The van der Waals surface area contributed by atoms with Crippen LogP contribution in [0.2, 0.25) is 0 Å². The Morgan fingerprint density at radius 1 is 0.205 bits per heavy atom. The van der Waals surface area contributed by atoms with Crippen molar-refractivity contribution in [3.63, 3.8) is 0 Å². The fourth-order valence-corrected chi connectivity index (χ4v) is 19.0. The van der Waals surface area contributed by atoms with E-state index in [2.05, 4.69) is 340 Å². The molecule has 0 saturated carbocycles. The molecule has 122 heavy (non-hydrogen) atoms. The van der Waals surface area contributed by atoms with Gasteiger partial charge in [-0.05, 0) is 148 Å². The molecule has 18 aromatic carbocycles. The fraction of sp³-hybridized carbons (Fsp3) is 0.00877. The van der Waals surface area contributed by atoms with E-state index in [-0.39, 0.29) is 0 Å². The molecule has 5 aromatic heterocycles. The standard InChI is InChI=1S/C42H27N3S.C40H26N2O.C32H20O/c1-4-14-28(15-5-1)39-43-40(45-41(44-39)38-27-29-16-10-13-23-37(29)46-38)30-24-25-34-33-21-11-12-22-35(33)42(36(34)26-30,31-17-6-2-7-18-31)32-19-8-3-9-20-32;1-4-12-28(13-5-1)37-38(29-14-6-2-7-15-29)42-40(39(41-37)30-16-8-3-9-17-30)31-22-20-27(21-23-31)32-24-25-34-33-18-10-11-19-35(33)43-36(34)26-32;1-2-10-21(11-3-1)31-24-13-4-6-15-26(24)32(27-16-7-5-14-25(27)31)22-18-19-30-28(20-22)23-12-8-9-17-29(23)33-30/h1-27H;1-26H;1-20H. The minimum absolute atomic E-state index is 0.492. The molecule has 0 aliphatic heterocycles. The van der Waals surface area contributed by atoms with Crippen LogP contribution in [-0.4, -0.2) is 24.9 Å². The zero-order valence-electron chi connectivity index (χ0n) is 66.1. The van der Waals surface area contributed by atoms with Crippen LogP contribution in [0.1, 0.15) is 22.3 Å². The summed E-state index contributed by atoms with van der Waals surface area (Å²) in [4.78, 5) is 27.0. The van der Waals surface area contributed by atoms with Crippen molar-refractivity contribution in [2.75, 3.05) is 0 Å². The number of rotatable bonds is 12. The monoisotopic (exact) mass is 1580 g/mol. The Hall–Kier alpha value is -15.9. The molecule has 0 amide bonds. The molecule has 1 aliphatic carbocycles. The molecule has 24 rings (SSSR count). The largest absolute Gasteiger partial charge is 0.456 e. The Balaban J connectivity index is 0.000000111. The molecule has 0 radical (unpaired) electrons. The first-order chi connectivity index (χ1) is 60.5. The third-order valence-electron chi connectivity index (χ3n) is 23.6. The molecule has 0 unspecified atom stereocenters. The second-order valence-electron chi connectivity index (χ2n) is 30.7. The highest BCUT2D eigenvalue weighted by Gasteiger charge is 2.46. The van der Waals surface area contributed by atoms with E-state index < -0.39 is 5.41 Å². The Labute approximate surface area is 709 Å². The second kappa shape index (κ2) is 31.2. The Bertz CT molecular complexity index is 7720. The normalized spacial score (nSPS) is 12.0. The van der Waals surface area contributed by atoms with Gasteiger partial charge in [-0.2, -0.15) is 0 Å². The molecule has 0 spiro atoms. The number of thiophene rings is 1. The zero-order chi connectivity index (χ0) is 80.9. The maximum atomic E-state index is 6.16. The molecule has 0 atom stereocenters. The van der Waals surface area contributed by atoms with Crippen LogP contribution in [0.15, 0.2) is 452 Å². The summed E-state index contributed by atoms with van der Waals surface area (Å²) in [7, 11) is 0. The van der Waals surface area contributed by atoms with Gasteiger partial charge in [0.15, 0.2) is 17.5 Å². The van der Waals surface area contributed by atoms with Gasteiger partial charge in [0.05, 0.1) is 33.1 Å². The maximum absolute atomic E-state index is 6.16. The van der Waals surface area contributed by atoms with Crippen LogP contribution >= 0.6 is 11.3 Å². The van der Waals surface area contributed by atoms with Gasteiger partial charge in [0.25, 0.3) is 0 Å². The Morgan fingerprint density at radius 2 is 0.582 bits per heavy atom. The summed E-state index contributed by atoms with van der Waals surface area (Å²) in [5.41, 5.74) is 27.3. The lowest BCUT2D eigenvalue weighted by atomic mass is 9.67. The highest BCUT2D eigenvalue weighted by Crippen LogP contribution is 2.57. The summed E-state index contributed by atoms with van der Waals surface area (Å²) in [6, 6.07) is 155. The van der Waals surface area contributed by atoms with Crippen LogP contribution in [0.25, 0.3) is 199 Å². The third-order valence-corrected chi connectivity index (χ3v) is 24.7. The molecule has 23 aromatic rings. The summed E-state index contributed by atoms with van der Waals surface area (Å²) in [5.74, 6) is 2.01. The predicted octanol–water partition coefficient (Wildman–Crippen LogP) is 30.4. The Kier molecular flexibility index (Phi) is 18.6. The van der Waals surface area contributed by atoms with Crippen molar-refractivity contribution in [2.45, 2.75) is 5.41 Å². The van der Waals surface area contributed by atoms with Crippen molar-refractivity contribution >= 4 is 86.8 Å². The van der Waals surface area contributed by atoms with Crippen LogP contribution in [0.5, 0.6) is 0 Å². The number of benzene rings is 18. The van der Waals surface area contributed by atoms with Crippen molar-refractivity contribution in [3.8, 4) is 123 Å². The topological polar surface area (TPSA) is 90.7 Å². The van der Waals surface area contributed by atoms with Gasteiger partial charge in [0.2, 0.25) is 0 Å². The second-order valence-corrected chi connectivity index (χ2v) is 31.8. The average molecular weight is 1580 g/mol. The van der Waals surface area contributed by atoms with Crippen molar-refractivity contribution < 1.29 is 8.83 Å². The predicted molar refractivity (Wildman–Crippen MR) is 505 cm³/mol. The molecule has 8 heteroatoms. The Morgan fingerprint density at radius 3 is 1.14 bits per heavy atom. The molecule has 0 saturated heterocycles. The van der Waals surface area contributed by atoms with E-state index in [1.165, 1.54) is 87.3 Å². The van der Waals surface area contributed by atoms with Crippen molar-refractivity contribution in [1.82, 2.24) is 24.9 Å². The maximum Gasteiger partial charge on any atom is 0.174 e. The van der Waals surface area contributed by atoms with E-state index in [0.29, 0.717) is 17.5 Å². The quantitative estimate of drug-likeness (QED) is 0.113. The molecule has 0 bridgehead atoms. The van der Waals surface area contributed by atoms with Crippen LogP contribution < -0.4 is 0 Å². The van der Waals surface area contributed by atoms with E-state index in [1.807, 2.05) is 103 Å². The van der Waals surface area contributed by atoms with Gasteiger partial charge in [-0.3, -0.25) is 0 Å². The SMILES string of the molecule is c1ccc(-c2c3ccccc3c(-c3ccc4oc5ccccc5c4c3)c3ccccc23)cc1.c1ccc(-c2nc(-c3ccc4c(c3)C(c3ccccc3)(c3ccccc3)c3ccccc3-4)nc(-c3cc4ccccc4s3)n2)cc1.c1ccc(-c2nc(-c3ccccc3)c(-c3ccc(-c4ccc5c(c4)oc4ccccc45)cc3)nc2-c2ccccc2)cc1. The lowest BCUT2D eigenvalue weighted by molar-refractivity contribution is 0.668. The summed E-state index contributed by atoms with van der Waals surface area (Å²) in [6.45, 7) is 0. The molecule has 1 aliphatic rings. The zero-order valence-corrected chi connectivity index (χ0v) is 66.9. The summed E-state index contributed by atoms with van der Waals surface area (Å²) in [6.07, 6.45) is 0. The molecule has 0 fully saturated rings. The van der Waals surface area contributed by atoms with Gasteiger partial charge >= 0.3 is 0 Å². The van der Waals surface area contributed by atoms with Crippen LogP contribution in [-0.2, 0) is 5.41 Å². The van der Waals surface area contributed by atoms with Crippen molar-refractivity contribution in [2.24, 2.45) is 0 Å². The number of aromatic nitrogens is 5. The number of furan rings is 2. The molecule has 572 valence electrons. The minimum Gasteiger partial charge on any atom is -0.456 e. The average Bonchev–Trinajstić information content (AvgIpc) is 1.49. The fourth-order valence-electron chi connectivity index (χ4n) is 18.0. The number of hydrogen-bond acceptors (Lipinski definition) is 8. The van der Waals surface area contributed by atoms with Gasteiger partial charge in [0, 0.05) is 59.6 Å². The lowest BCUT2D eigenvalue weighted by Crippen LogP contribution is -2.28. The van der Waals surface area contributed by atoms with E-state index in [0.717, 1.165) is 116 Å². The van der Waals surface area contributed by atoms with Crippen molar-refractivity contribution in [3.05, 3.63) is 465 Å². The molecular weight excluding hydrogens is 1500 g/mol. The molecule has 5 heterocycles. The van der Waals surface area contributed by atoms with Gasteiger partial charge in [-0.25, -0.2) is 24.9 Å². The third kappa shape index (κ3) is 13.1. The number of nitrogens with zero attached hydrogens (tertiary/aromatic N) is 5. The molecule has 7 nitrogen and oxygen atoms in total. The smallest absolute Gasteiger partial charge is 0.174 e. The summed E-state index contributed by atoms with van der Waals surface area (Å²) in [5, 5.41) is 10.8. The molecular formula is C114H73N5O2S. The lowest BCUT2D eigenvalue weighted by Gasteiger charge is -2.34. The van der Waals surface area contributed by atoms with E-state index in [4.69, 9.17) is 33.8 Å². The number of hydrogen-bond donors (Lipinski definition) is 0. The van der Waals surface area contributed by atoms with Crippen LogP contribution in [0, 0.1) is 0 Å². The summed E-state index contributed by atoms with van der Waals surface area (Å²) >= 11 is 1.71. The van der Waals surface area contributed by atoms with Gasteiger partial charge in [0.1, 0.15) is 22.3 Å². The van der Waals surface area contributed by atoms with E-state index in [9.17, 15) is 0 Å². The van der Waals surface area contributed by atoms with Crippen LogP contribution in [0.3, 0.4) is 0 Å². The number of fused-ring (bicyclic) bond motifs is 12. The summed E-state index contributed by atoms with van der Waals surface area (Å²) < 4.78 is 13.5. The van der Waals surface area contributed by atoms with Gasteiger partial charge in [-0.15, -0.1) is 11.3 Å². The van der Waals surface area contributed by atoms with E-state index >= 15 is 0 Å². The minimum atomic E-state index is -0.492. The van der Waals surface area contributed by atoms with Gasteiger partial charge in [-0.1, -0.05) is 388 Å². The van der Waals surface area contributed by atoms with Gasteiger partial charge < -0.3 is 8.83 Å². The first-order valence-corrected chi connectivity index (χ1v) is 42.0.